The van der Waals surface area contributed by atoms with Gasteiger partial charge in [0, 0.05) is 18.0 Å². The largest absolute Gasteiger partial charge is 0.356 e. The Bertz CT molecular complexity index is 526. The molecule has 0 amide bonds. The van der Waals surface area contributed by atoms with Crippen molar-refractivity contribution in [3.63, 3.8) is 0 Å². The van der Waals surface area contributed by atoms with E-state index in [2.05, 4.69) is 34.8 Å². The molecular weight excluding hydrogens is 230 g/mol. The number of hydrogen-bond donors (Lipinski definition) is 0. The SMILES string of the molecule is Cc1cc2c(N3CCC(C)CC3)ncnc2s1. The summed E-state index contributed by atoms with van der Waals surface area (Å²) in [6, 6.07) is 2.22. The first-order valence-corrected chi connectivity index (χ1v) is 7.02. The first-order valence-electron chi connectivity index (χ1n) is 6.20. The number of anilines is 1. The summed E-state index contributed by atoms with van der Waals surface area (Å²) >= 11 is 1.75. The van der Waals surface area contributed by atoms with Crippen LogP contribution in [0.1, 0.15) is 24.6 Å². The van der Waals surface area contributed by atoms with Gasteiger partial charge in [0.15, 0.2) is 0 Å². The summed E-state index contributed by atoms with van der Waals surface area (Å²) in [6.45, 7) is 6.72. The van der Waals surface area contributed by atoms with Crippen LogP contribution in [-0.4, -0.2) is 23.1 Å². The van der Waals surface area contributed by atoms with Crippen molar-refractivity contribution in [3.8, 4) is 0 Å². The van der Waals surface area contributed by atoms with Crippen molar-refractivity contribution in [2.75, 3.05) is 18.0 Å². The van der Waals surface area contributed by atoms with E-state index < -0.39 is 0 Å². The molecule has 1 aliphatic rings. The van der Waals surface area contributed by atoms with Gasteiger partial charge in [-0.2, -0.15) is 0 Å². The van der Waals surface area contributed by atoms with Crippen molar-refractivity contribution >= 4 is 27.4 Å². The fourth-order valence-electron chi connectivity index (χ4n) is 2.44. The Morgan fingerprint density at radius 2 is 2.06 bits per heavy atom. The summed E-state index contributed by atoms with van der Waals surface area (Å²) < 4.78 is 0. The van der Waals surface area contributed by atoms with E-state index in [1.165, 1.54) is 23.1 Å². The molecule has 0 spiro atoms. The van der Waals surface area contributed by atoms with Crippen molar-refractivity contribution in [1.29, 1.82) is 0 Å². The van der Waals surface area contributed by atoms with Gasteiger partial charge in [-0.05, 0) is 31.7 Å². The summed E-state index contributed by atoms with van der Waals surface area (Å²) in [6.07, 6.45) is 4.24. The van der Waals surface area contributed by atoms with E-state index in [-0.39, 0.29) is 0 Å². The van der Waals surface area contributed by atoms with Gasteiger partial charge in [-0.15, -0.1) is 11.3 Å². The number of piperidine rings is 1. The average Bonchev–Trinajstić information content (AvgIpc) is 2.70. The molecule has 3 rings (SSSR count). The minimum atomic E-state index is 0.854. The number of aromatic nitrogens is 2. The highest BCUT2D eigenvalue weighted by atomic mass is 32.1. The highest BCUT2D eigenvalue weighted by Gasteiger charge is 2.19. The molecule has 0 atom stereocenters. The van der Waals surface area contributed by atoms with Crippen LogP contribution in [0.15, 0.2) is 12.4 Å². The third-order valence-corrected chi connectivity index (χ3v) is 4.47. The number of aryl methyl sites for hydroxylation is 1. The van der Waals surface area contributed by atoms with Gasteiger partial charge in [-0.3, -0.25) is 0 Å². The van der Waals surface area contributed by atoms with Gasteiger partial charge in [0.05, 0.1) is 5.39 Å². The number of hydrogen-bond acceptors (Lipinski definition) is 4. The van der Waals surface area contributed by atoms with Crippen LogP contribution < -0.4 is 4.90 Å². The summed E-state index contributed by atoms with van der Waals surface area (Å²) in [5.41, 5.74) is 0. The van der Waals surface area contributed by atoms with E-state index in [1.54, 1.807) is 17.7 Å². The maximum absolute atomic E-state index is 4.49. The number of fused-ring (bicyclic) bond motifs is 1. The maximum Gasteiger partial charge on any atom is 0.140 e. The fraction of sp³-hybridized carbons (Fsp3) is 0.538. The van der Waals surface area contributed by atoms with Gasteiger partial charge in [-0.1, -0.05) is 6.92 Å². The standard InChI is InChI=1S/C13H17N3S/c1-9-3-5-16(6-4-9)12-11-7-10(2)17-13(11)15-8-14-12/h7-9H,3-6H2,1-2H3. The highest BCUT2D eigenvalue weighted by molar-refractivity contribution is 7.18. The molecule has 3 heterocycles. The number of rotatable bonds is 1. The summed E-state index contributed by atoms with van der Waals surface area (Å²) in [4.78, 5) is 13.7. The third-order valence-electron chi connectivity index (χ3n) is 3.51. The molecule has 2 aromatic heterocycles. The monoisotopic (exact) mass is 247 g/mol. The number of thiophene rings is 1. The Labute approximate surface area is 106 Å². The van der Waals surface area contributed by atoms with Gasteiger partial charge in [0.1, 0.15) is 17.0 Å². The summed E-state index contributed by atoms with van der Waals surface area (Å²) in [7, 11) is 0. The van der Waals surface area contributed by atoms with Crippen LogP contribution in [0.5, 0.6) is 0 Å². The molecule has 4 heteroatoms. The van der Waals surface area contributed by atoms with E-state index >= 15 is 0 Å². The molecule has 90 valence electrons. The molecule has 0 aromatic carbocycles. The lowest BCUT2D eigenvalue weighted by Crippen LogP contribution is -2.33. The second-order valence-electron chi connectivity index (χ2n) is 4.94. The molecule has 1 fully saturated rings. The topological polar surface area (TPSA) is 29.0 Å². The molecule has 2 aromatic rings. The Morgan fingerprint density at radius 1 is 1.29 bits per heavy atom. The minimum Gasteiger partial charge on any atom is -0.356 e. The molecule has 0 unspecified atom stereocenters. The Balaban J connectivity index is 1.99. The van der Waals surface area contributed by atoms with E-state index in [0.29, 0.717) is 0 Å². The Hall–Kier alpha value is -1.16. The molecule has 0 saturated carbocycles. The van der Waals surface area contributed by atoms with E-state index in [9.17, 15) is 0 Å². The van der Waals surface area contributed by atoms with E-state index in [1.807, 2.05) is 0 Å². The smallest absolute Gasteiger partial charge is 0.140 e. The van der Waals surface area contributed by atoms with Crippen LogP contribution in [0.3, 0.4) is 0 Å². The van der Waals surface area contributed by atoms with Crippen LogP contribution in [0.4, 0.5) is 5.82 Å². The van der Waals surface area contributed by atoms with Crippen LogP contribution >= 0.6 is 11.3 Å². The molecule has 1 saturated heterocycles. The van der Waals surface area contributed by atoms with Gasteiger partial charge < -0.3 is 4.90 Å². The van der Waals surface area contributed by atoms with Gasteiger partial charge in [0.25, 0.3) is 0 Å². The second kappa shape index (κ2) is 4.26. The van der Waals surface area contributed by atoms with Crippen LogP contribution in [0.25, 0.3) is 10.2 Å². The van der Waals surface area contributed by atoms with E-state index in [0.717, 1.165) is 29.7 Å². The molecule has 0 aliphatic carbocycles. The van der Waals surface area contributed by atoms with Gasteiger partial charge >= 0.3 is 0 Å². The van der Waals surface area contributed by atoms with Crippen molar-refractivity contribution in [1.82, 2.24) is 9.97 Å². The first-order chi connectivity index (χ1) is 8.24. The molecule has 0 N–H and O–H groups in total. The molecule has 0 radical (unpaired) electrons. The Morgan fingerprint density at radius 3 is 2.82 bits per heavy atom. The zero-order valence-electron chi connectivity index (χ0n) is 10.3. The third kappa shape index (κ3) is 2.02. The predicted octanol–water partition coefficient (Wildman–Crippen LogP) is 3.24. The van der Waals surface area contributed by atoms with Crippen molar-refractivity contribution < 1.29 is 0 Å². The lowest BCUT2D eigenvalue weighted by Gasteiger charge is -2.31. The molecule has 3 nitrogen and oxygen atoms in total. The molecule has 0 bridgehead atoms. The Kier molecular flexibility index (Phi) is 2.74. The van der Waals surface area contributed by atoms with Gasteiger partial charge in [-0.25, -0.2) is 9.97 Å². The summed E-state index contributed by atoms with van der Waals surface area (Å²) in [5, 5.41) is 1.23. The van der Waals surface area contributed by atoms with Crippen LogP contribution in [0, 0.1) is 12.8 Å². The maximum atomic E-state index is 4.49. The molecular formula is C13H17N3S. The summed E-state index contributed by atoms with van der Waals surface area (Å²) in [5.74, 6) is 1.99. The lowest BCUT2D eigenvalue weighted by molar-refractivity contribution is 0.437. The first kappa shape index (κ1) is 11.0. The quantitative estimate of drug-likeness (QED) is 0.774. The zero-order chi connectivity index (χ0) is 11.8. The fourth-order valence-corrected chi connectivity index (χ4v) is 3.28. The van der Waals surface area contributed by atoms with Crippen LogP contribution in [-0.2, 0) is 0 Å². The van der Waals surface area contributed by atoms with E-state index in [4.69, 9.17) is 0 Å². The van der Waals surface area contributed by atoms with Crippen molar-refractivity contribution in [2.24, 2.45) is 5.92 Å². The highest BCUT2D eigenvalue weighted by Crippen LogP contribution is 2.31. The normalized spacial score (nSPS) is 17.9. The second-order valence-corrected chi connectivity index (χ2v) is 6.18. The minimum absolute atomic E-state index is 0.854. The molecule has 1 aliphatic heterocycles. The number of nitrogens with zero attached hydrogens (tertiary/aromatic N) is 3. The van der Waals surface area contributed by atoms with Crippen molar-refractivity contribution in [2.45, 2.75) is 26.7 Å². The predicted molar refractivity (Wildman–Crippen MR) is 72.8 cm³/mol. The zero-order valence-corrected chi connectivity index (χ0v) is 11.1. The lowest BCUT2D eigenvalue weighted by atomic mass is 9.99. The molecule has 17 heavy (non-hydrogen) atoms. The van der Waals surface area contributed by atoms with Gasteiger partial charge in [0.2, 0.25) is 0 Å². The van der Waals surface area contributed by atoms with Crippen LogP contribution in [0.2, 0.25) is 0 Å². The average molecular weight is 247 g/mol. The van der Waals surface area contributed by atoms with Crippen molar-refractivity contribution in [3.05, 3.63) is 17.3 Å².